The summed E-state index contributed by atoms with van der Waals surface area (Å²) in [5.74, 6) is -0.103. The first-order chi connectivity index (χ1) is 9.89. The summed E-state index contributed by atoms with van der Waals surface area (Å²) in [4.78, 5) is 0. The molecule has 0 heterocycles. The van der Waals surface area contributed by atoms with Gasteiger partial charge < -0.3 is 5.11 Å². The van der Waals surface area contributed by atoms with Crippen LogP contribution in [-0.4, -0.2) is 13.5 Å². The minimum atomic E-state index is -3.47. The van der Waals surface area contributed by atoms with E-state index in [1.807, 2.05) is 13.0 Å². The van der Waals surface area contributed by atoms with E-state index in [2.05, 4.69) is 20.7 Å². The van der Waals surface area contributed by atoms with Crippen molar-refractivity contribution in [3.8, 4) is 0 Å². The number of aryl methyl sites for hydroxylation is 1. The normalized spacial score (nSPS) is 11.4. The van der Waals surface area contributed by atoms with E-state index in [0.717, 1.165) is 15.6 Å². The van der Waals surface area contributed by atoms with Crippen molar-refractivity contribution >= 4 is 31.6 Å². The monoisotopic (exact) mass is 369 g/mol. The molecule has 0 saturated carbocycles. The first-order valence-corrected chi connectivity index (χ1v) is 8.79. The van der Waals surface area contributed by atoms with Gasteiger partial charge in [0, 0.05) is 4.47 Å². The van der Waals surface area contributed by atoms with Gasteiger partial charge >= 0.3 is 0 Å². The molecule has 0 aromatic heterocycles. The number of nitrogens with one attached hydrogen (secondary N) is 1. The van der Waals surface area contributed by atoms with Crippen molar-refractivity contribution < 1.29 is 13.5 Å². The molecule has 6 heteroatoms. The summed E-state index contributed by atoms with van der Waals surface area (Å²) >= 11 is 3.35. The summed E-state index contributed by atoms with van der Waals surface area (Å²) in [7, 11) is -3.47. The minimum Gasteiger partial charge on any atom is -0.392 e. The van der Waals surface area contributed by atoms with Crippen LogP contribution in [-0.2, 0) is 22.4 Å². The summed E-state index contributed by atoms with van der Waals surface area (Å²) in [6.07, 6.45) is 0. The molecule has 0 fully saturated rings. The lowest BCUT2D eigenvalue weighted by atomic mass is 10.2. The van der Waals surface area contributed by atoms with Crippen LogP contribution in [0.15, 0.2) is 46.9 Å². The van der Waals surface area contributed by atoms with Crippen LogP contribution in [0.2, 0.25) is 0 Å². The van der Waals surface area contributed by atoms with Crippen molar-refractivity contribution in [1.29, 1.82) is 0 Å². The third-order valence-electron chi connectivity index (χ3n) is 3.02. The van der Waals surface area contributed by atoms with Crippen molar-refractivity contribution in [1.82, 2.24) is 0 Å². The summed E-state index contributed by atoms with van der Waals surface area (Å²) in [5.41, 5.74) is 2.86. The predicted molar refractivity (Wildman–Crippen MR) is 87.5 cm³/mol. The minimum absolute atomic E-state index is 0.0522. The fourth-order valence-corrected chi connectivity index (χ4v) is 3.65. The van der Waals surface area contributed by atoms with Crippen molar-refractivity contribution in [2.45, 2.75) is 19.3 Å². The van der Waals surface area contributed by atoms with Gasteiger partial charge in [-0.25, -0.2) is 8.42 Å². The van der Waals surface area contributed by atoms with Crippen LogP contribution >= 0.6 is 15.9 Å². The molecule has 0 bridgehead atoms. The Morgan fingerprint density at radius 3 is 2.29 bits per heavy atom. The fourth-order valence-electron chi connectivity index (χ4n) is 1.91. The molecule has 0 radical (unpaired) electrons. The molecule has 112 valence electrons. The van der Waals surface area contributed by atoms with E-state index in [1.54, 1.807) is 36.4 Å². The molecule has 2 aromatic rings. The largest absolute Gasteiger partial charge is 0.392 e. The predicted octanol–water partition coefficient (Wildman–Crippen LogP) is 3.19. The zero-order chi connectivity index (χ0) is 15.5. The Morgan fingerprint density at radius 1 is 1.10 bits per heavy atom. The third-order valence-corrected chi connectivity index (χ3v) is 4.75. The van der Waals surface area contributed by atoms with Crippen LogP contribution in [0.25, 0.3) is 0 Å². The van der Waals surface area contributed by atoms with E-state index in [-0.39, 0.29) is 12.4 Å². The summed E-state index contributed by atoms with van der Waals surface area (Å²) < 4.78 is 27.9. The van der Waals surface area contributed by atoms with Gasteiger partial charge in [0.15, 0.2) is 0 Å². The molecule has 4 nitrogen and oxygen atoms in total. The lowest BCUT2D eigenvalue weighted by Gasteiger charge is -2.11. The quantitative estimate of drug-likeness (QED) is 0.850. The number of aliphatic hydroxyl groups is 1. The number of hydrogen-bond donors (Lipinski definition) is 2. The molecule has 0 amide bonds. The van der Waals surface area contributed by atoms with Gasteiger partial charge in [-0.15, -0.1) is 0 Å². The molecule has 0 atom stereocenters. The topological polar surface area (TPSA) is 66.4 Å². The Kier molecular flexibility index (Phi) is 5.03. The van der Waals surface area contributed by atoms with Crippen LogP contribution in [0, 0.1) is 6.92 Å². The average Bonchev–Trinajstić information content (AvgIpc) is 2.42. The van der Waals surface area contributed by atoms with Crippen molar-refractivity contribution in [3.05, 3.63) is 63.6 Å². The lowest BCUT2D eigenvalue weighted by Crippen LogP contribution is -2.15. The molecule has 2 N–H and O–H groups in total. The van der Waals surface area contributed by atoms with Crippen LogP contribution in [0.1, 0.15) is 16.7 Å². The molecular weight excluding hydrogens is 354 g/mol. The van der Waals surface area contributed by atoms with E-state index in [0.29, 0.717) is 11.3 Å². The Morgan fingerprint density at radius 2 is 1.71 bits per heavy atom. The highest BCUT2D eigenvalue weighted by Gasteiger charge is 2.13. The van der Waals surface area contributed by atoms with Crippen LogP contribution in [0.3, 0.4) is 0 Å². The van der Waals surface area contributed by atoms with Gasteiger partial charge in [-0.2, -0.15) is 0 Å². The van der Waals surface area contributed by atoms with E-state index in [1.165, 1.54) is 0 Å². The third kappa shape index (κ3) is 4.56. The van der Waals surface area contributed by atoms with Gasteiger partial charge in [-0.05, 0) is 41.8 Å². The Hall–Kier alpha value is -1.37. The van der Waals surface area contributed by atoms with Crippen molar-refractivity contribution in [3.63, 3.8) is 0 Å². The van der Waals surface area contributed by atoms with Crippen LogP contribution in [0.4, 0.5) is 5.69 Å². The van der Waals surface area contributed by atoms with E-state index in [9.17, 15) is 8.42 Å². The van der Waals surface area contributed by atoms with Crippen LogP contribution < -0.4 is 4.72 Å². The molecule has 0 spiro atoms. The Labute approximate surface area is 133 Å². The highest BCUT2D eigenvalue weighted by atomic mass is 79.9. The Balaban J connectivity index is 2.14. The number of benzene rings is 2. The van der Waals surface area contributed by atoms with Crippen molar-refractivity contribution in [2.24, 2.45) is 0 Å². The van der Waals surface area contributed by atoms with E-state index in [4.69, 9.17) is 5.11 Å². The summed E-state index contributed by atoms with van der Waals surface area (Å²) in [5, 5.41) is 8.97. The number of aliphatic hydroxyl groups excluding tert-OH is 1. The van der Waals surface area contributed by atoms with Gasteiger partial charge in [0.05, 0.1) is 18.0 Å². The molecule has 21 heavy (non-hydrogen) atoms. The standard InChI is InChI=1S/C15H16BrNO3S/c1-11-8-14(16)6-7-15(11)17-21(19,20)10-13-4-2-12(9-18)3-5-13/h2-8,17-18H,9-10H2,1H3. The number of halogens is 1. The smallest absolute Gasteiger partial charge is 0.236 e. The van der Waals surface area contributed by atoms with Gasteiger partial charge in [-0.1, -0.05) is 40.2 Å². The highest BCUT2D eigenvalue weighted by Crippen LogP contribution is 2.22. The second kappa shape index (κ2) is 6.60. The highest BCUT2D eigenvalue weighted by molar-refractivity contribution is 9.10. The second-order valence-corrected chi connectivity index (χ2v) is 7.43. The fraction of sp³-hybridized carbons (Fsp3) is 0.200. The first kappa shape index (κ1) is 16.0. The maximum absolute atomic E-state index is 12.2. The lowest BCUT2D eigenvalue weighted by molar-refractivity contribution is 0.282. The van der Waals surface area contributed by atoms with Crippen LogP contribution in [0.5, 0.6) is 0 Å². The van der Waals surface area contributed by atoms with E-state index >= 15 is 0 Å². The maximum atomic E-state index is 12.2. The number of hydrogen-bond acceptors (Lipinski definition) is 3. The zero-order valence-corrected chi connectivity index (χ0v) is 13.9. The molecular formula is C15H16BrNO3S. The SMILES string of the molecule is Cc1cc(Br)ccc1NS(=O)(=O)Cc1ccc(CO)cc1. The first-order valence-electron chi connectivity index (χ1n) is 6.35. The summed E-state index contributed by atoms with van der Waals surface area (Å²) in [6.45, 7) is 1.79. The molecule has 2 rings (SSSR count). The second-order valence-electron chi connectivity index (χ2n) is 4.80. The van der Waals surface area contributed by atoms with Gasteiger partial charge in [0.25, 0.3) is 0 Å². The van der Waals surface area contributed by atoms with Gasteiger partial charge in [-0.3, -0.25) is 4.72 Å². The van der Waals surface area contributed by atoms with Gasteiger partial charge in [0.2, 0.25) is 10.0 Å². The molecule has 0 saturated heterocycles. The zero-order valence-electron chi connectivity index (χ0n) is 11.5. The molecule has 0 aliphatic carbocycles. The van der Waals surface area contributed by atoms with E-state index < -0.39 is 10.0 Å². The number of rotatable bonds is 5. The van der Waals surface area contributed by atoms with Gasteiger partial charge in [0.1, 0.15) is 0 Å². The maximum Gasteiger partial charge on any atom is 0.236 e. The Bertz CT molecular complexity index is 727. The number of sulfonamides is 1. The van der Waals surface area contributed by atoms with Crippen molar-refractivity contribution in [2.75, 3.05) is 4.72 Å². The molecule has 0 aliphatic rings. The molecule has 2 aromatic carbocycles. The summed E-state index contributed by atoms with van der Waals surface area (Å²) in [6, 6.07) is 12.2. The average molecular weight is 370 g/mol. The molecule has 0 unspecified atom stereocenters. The molecule has 0 aliphatic heterocycles. The number of anilines is 1.